The van der Waals surface area contributed by atoms with E-state index >= 15 is 0 Å². The lowest BCUT2D eigenvalue weighted by molar-refractivity contribution is -0.121. The van der Waals surface area contributed by atoms with E-state index in [1.807, 2.05) is 61.7 Å². The molecule has 4 heterocycles. The summed E-state index contributed by atoms with van der Waals surface area (Å²) in [5.74, 6) is 0.701. The average Bonchev–Trinajstić information content (AvgIpc) is 3.27. The van der Waals surface area contributed by atoms with Crippen LogP contribution in [0, 0.1) is 13.8 Å². The fourth-order valence-electron chi connectivity index (χ4n) is 3.43. The summed E-state index contributed by atoms with van der Waals surface area (Å²) in [6.45, 7) is 5.95. The van der Waals surface area contributed by atoms with Gasteiger partial charge in [-0.25, -0.2) is 14.6 Å². The molecule has 4 aromatic rings. The highest BCUT2D eigenvalue weighted by Gasteiger charge is 2.18. The summed E-state index contributed by atoms with van der Waals surface area (Å²) in [7, 11) is 0. The minimum Gasteiger partial charge on any atom is -0.349 e. The van der Waals surface area contributed by atoms with E-state index < -0.39 is 0 Å². The first kappa shape index (κ1) is 17.9. The maximum Gasteiger partial charge on any atom is 0.226 e. The zero-order valence-corrected chi connectivity index (χ0v) is 16.1. The van der Waals surface area contributed by atoms with Crippen molar-refractivity contribution in [3.8, 4) is 5.82 Å². The second-order valence-corrected chi connectivity index (χ2v) is 6.89. The van der Waals surface area contributed by atoms with Crippen molar-refractivity contribution in [3.63, 3.8) is 0 Å². The van der Waals surface area contributed by atoms with E-state index in [2.05, 4.69) is 20.4 Å². The highest BCUT2D eigenvalue weighted by atomic mass is 16.1. The van der Waals surface area contributed by atoms with E-state index in [-0.39, 0.29) is 18.4 Å². The summed E-state index contributed by atoms with van der Waals surface area (Å²) in [5.41, 5.74) is 4.75. The van der Waals surface area contributed by atoms with Crippen LogP contribution in [0.1, 0.15) is 35.5 Å². The van der Waals surface area contributed by atoms with Crippen molar-refractivity contribution in [2.24, 2.45) is 0 Å². The second kappa shape index (κ2) is 7.26. The Bertz CT molecular complexity index is 1130. The number of hydrogen-bond donors (Lipinski definition) is 1. The van der Waals surface area contributed by atoms with Crippen molar-refractivity contribution in [1.82, 2.24) is 29.5 Å². The van der Waals surface area contributed by atoms with Gasteiger partial charge in [-0.15, -0.1) is 0 Å². The Balaban J connectivity index is 1.49. The van der Waals surface area contributed by atoms with Crippen molar-refractivity contribution >= 4 is 11.6 Å². The van der Waals surface area contributed by atoms with Crippen LogP contribution in [0.3, 0.4) is 0 Å². The van der Waals surface area contributed by atoms with Crippen LogP contribution in [-0.4, -0.2) is 30.1 Å². The fourth-order valence-corrected chi connectivity index (χ4v) is 3.43. The quantitative estimate of drug-likeness (QED) is 0.583. The molecule has 1 amide bonds. The lowest BCUT2D eigenvalue weighted by Crippen LogP contribution is -2.28. The Kier molecular flexibility index (Phi) is 4.65. The van der Waals surface area contributed by atoms with Crippen LogP contribution in [0.4, 0.5) is 0 Å². The lowest BCUT2D eigenvalue weighted by Gasteiger charge is -2.14. The minimum absolute atomic E-state index is 0.0548. The van der Waals surface area contributed by atoms with Gasteiger partial charge in [0.05, 0.1) is 24.4 Å². The van der Waals surface area contributed by atoms with Gasteiger partial charge in [-0.1, -0.05) is 12.1 Å². The van der Waals surface area contributed by atoms with Crippen LogP contribution in [0.2, 0.25) is 0 Å². The Labute approximate surface area is 163 Å². The molecule has 7 heteroatoms. The van der Waals surface area contributed by atoms with Gasteiger partial charge in [0.1, 0.15) is 5.65 Å². The molecule has 0 aliphatic heterocycles. The van der Waals surface area contributed by atoms with Gasteiger partial charge >= 0.3 is 0 Å². The molecule has 1 atom stereocenters. The number of carbonyl (C=O) groups excluding carboxylic acids is 1. The van der Waals surface area contributed by atoms with Gasteiger partial charge in [0.15, 0.2) is 5.82 Å². The number of aromatic nitrogens is 5. The van der Waals surface area contributed by atoms with Crippen LogP contribution in [0.15, 0.2) is 55.1 Å². The smallest absolute Gasteiger partial charge is 0.226 e. The third-order valence-corrected chi connectivity index (χ3v) is 4.91. The van der Waals surface area contributed by atoms with E-state index in [9.17, 15) is 4.79 Å². The maximum atomic E-state index is 12.6. The van der Waals surface area contributed by atoms with Gasteiger partial charge in [-0.2, -0.15) is 5.10 Å². The third kappa shape index (κ3) is 3.26. The zero-order valence-electron chi connectivity index (χ0n) is 16.1. The number of aryl methyl sites for hydroxylation is 1. The molecule has 0 aliphatic rings. The number of rotatable bonds is 5. The first-order valence-corrected chi connectivity index (χ1v) is 9.21. The van der Waals surface area contributed by atoms with E-state index in [0.717, 1.165) is 34.0 Å². The standard InChI is InChI=1S/C21H22N6O/c1-14-7-6-10-26-17(12-23-21(14)26)11-20(28)25-15(2)18-13-24-27(16(18)3)19-8-4-5-9-22-19/h4-10,12-13,15H,11H2,1-3H3,(H,25,28). The summed E-state index contributed by atoms with van der Waals surface area (Å²) >= 11 is 0. The molecule has 0 saturated heterocycles. The summed E-state index contributed by atoms with van der Waals surface area (Å²) in [6, 6.07) is 9.50. The van der Waals surface area contributed by atoms with E-state index in [0.29, 0.717) is 0 Å². The van der Waals surface area contributed by atoms with Gasteiger partial charge in [0.25, 0.3) is 0 Å². The van der Waals surface area contributed by atoms with Gasteiger partial charge in [0.2, 0.25) is 5.91 Å². The molecule has 0 fully saturated rings. The van der Waals surface area contributed by atoms with Crippen molar-refractivity contribution in [1.29, 1.82) is 0 Å². The molecule has 0 saturated carbocycles. The SMILES string of the molecule is Cc1cccn2c(CC(=O)NC(C)c3cnn(-c4ccccn4)c3C)cnc12. The van der Waals surface area contributed by atoms with E-state index in [4.69, 9.17) is 0 Å². The normalized spacial score (nSPS) is 12.2. The summed E-state index contributed by atoms with van der Waals surface area (Å²) < 4.78 is 3.75. The molecule has 0 aromatic carbocycles. The molecule has 4 rings (SSSR count). The predicted octanol–water partition coefficient (Wildman–Crippen LogP) is 2.95. The van der Waals surface area contributed by atoms with Crippen molar-refractivity contribution < 1.29 is 4.79 Å². The molecule has 142 valence electrons. The predicted molar refractivity (Wildman–Crippen MR) is 106 cm³/mol. The average molecular weight is 374 g/mol. The molecular weight excluding hydrogens is 352 g/mol. The Morgan fingerprint density at radius 2 is 2.00 bits per heavy atom. The molecule has 0 radical (unpaired) electrons. The molecule has 0 aliphatic carbocycles. The number of pyridine rings is 2. The largest absolute Gasteiger partial charge is 0.349 e. The summed E-state index contributed by atoms with van der Waals surface area (Å²) in [5, 5.41) is 7.50. The Morgan fingerprint density at radius 3 is 2.79 bits per heavy atom. The first-order valence-electron chi connectivity index (χ1n) is 9.21. The number of nitrogens with zero attached hydrogens (tertiary/aromatic N) is 5. The molecule has 7 nitrogen and oxygen atoms in total. The van der Waals surface area contributed by atoms with Gasteiger partial charge in [-0.05, 0) is 44.5 Å². The van der Waals surface area contributed by atoms with E-state index in [1.54, 1.807) is 23.3 Å². The van der Waals surface area contributed by atoms with Gasteiger partial charge in [-0.3, -0.25) is 4.79 Å². The third-order valence-electron chi connectivity index (χ3n) is 4.91. The molecule has 0 spiro atoms. The number of fused-ring (bicyclic) bond motifs is 1. The lowest BCUT2D eigenvalue weighted by atomic mass is 10.1. The number of imidazole rings is 1. The second-order valence-electron chi connectivity index (χ2n) is 6.89. The minimum atomic E-state index is -0.161. The highest BCUT2D eigenvalue weighted by molar-refractivity contribution is 5.79. The monoisotopic (exact) mass is 374 g/mol. The number of hydrogen-bond acceptors (Lipinski definition) is 4. The molecule has 28 heavy (non-hydrogen) atoms. The fraction of sp³-hybridized carbons (Fsp3) is 0.238. The molecular formula is C21H22N6O. The van der Waals surface area contributed by atoms with Crippen LogP contribution in [0.5, 0.6) is 0 Å². The molecule has 4 aromatic heterocycles. The van der Waals surface area contributed by atoms with Gasteiger partial charge in [0, 0.05) is 29.8 Å². The van der Waals surface area contributed by atoms with Gasteiger partial charge < -0.3 is 9.72 Å². The zero-order chi connectivity index (χ0) is 19.7. The number of amides is 1. The molecule has 1 N–H and O–H groups in total. The van der Waals surface area contributed by atoms with Crippen molar-refractivity contribution in [3.05, 3.63) is 77.6 Å². The van der Waals surface area contributed by atoms with Crippen LogP contribution < -0.4 is 5.32 Å². The van der Waals surface area contributed by atoms with Crippen molar-refractivity contribution in [2.45, 2.75) is 33.2 Å². The Morgan fingerprint density at radius 1 is 1.14 bits per heavy atom. The van der Waals surface area contributed by atoms with Crippen LogP contribution in [-0.2, 0) is 11.2 Å². The number of nitrogens with one attached hydrogen (secondary N) is 1. The van der Waals surface area contributed by atoms with Crippen LogP contribution >= 0.6 is 0 Å². The van der Waals surface area contributed by atoms with Crippen molar-refractivity contribution in [2.75, 3.05) is 0 Å². The molecule has 1 unspecified atom stereocenters. The highest BCUT2D eigenvalue weighted by Crippen LogP contribution is 2.19. The number of carbonyl (C=O) groups is 1. The van der Waals surface area contributed by atoms with Crippen LogP contribution in [0.25, 0.3) is 11.5 Å². The maximum absolute atomic E-state index is 12.6. The molecule has 0 bridgehead atoms. The topological polar surface area (TPSA) is 77.1 Å². The summed E-state index contributed by atoms with van der Waals surface area (Å²) in [4.78, 5) is 21.4. The first-order chi connectivity index (χ1) is 13.5. The Hall–Kier alpha value is -3.48. The summed E-state index contributed by atoms with van der Waals surface area (Å²) in [6.07, 6.45) is 7.48. The van der Waals surface area contributed by atoms with E-state index in [1.165, 1.54) is 0 Å².